The van der Waals surface area contributed by atoms with Crippen molar-refractivity contribution in [1.29, 1.82) is 0 Å². The van der Waals surface area contributed by atoms with E-state index < -0.39 is 0 Å². The second kappa shape index (κ2) is 7.84. The van der Waals surface area contributed by atoms with E-state index in [1.807, 2.05) is 12.1 Å². The minimum atomic E-state index is -0.307. The van der Waals surface area contributed by atoms with Crippen molar-refractivity contribution in [3.8, 4) is 5.75 Å². The van der Waals surface area contributed by atoms with Crippen LogP contribution in [0.2, 0.25) is 0 Å². The van der Waals surface area contributed by atoms with E-state index in [0.29, 0.717) is 6.54 Å². The first kappa shape index (κ1) is 17.7. The number of hydrogen-bond donors (Lipinski definition) is 2. The van der Waals surface area contributed by atoms with E-state index in [2.05, 4.69) is 43.1 Å². The molecule has 0 bridgehead atoms. The molecule has 132 valence electrons. The van der Waals surface area contributed by atoms with Crippen LogP contribution in [0.1, 0.15) is 15.9 Å². The standard InChI is InChI=1S/C18H21BrN4O2/c1-22-7-9-23(10-8-22)17-13(3-2-6-20-17)12-21-18(25)15-5-4-14(19)11-16(15)24/h2-6,11,24H,7-10,12H2,1H3,(H,21,25). The highest BCUT2D eigenvalue weighted by atomic mass is 79.9. The van der Waals surface area contributed by atoms with Gasteiger partial charge < -0.3 is 20.2 Å². The van der Waals surface area contributed by atoms with Crippen LogP contribution in [0.4, 0.5) is 5.82 Å². The number of amides is 1. The third-order valence-electron chi connectivity index (χ3n) is 4.31. The summed E-state index contributed by atoms with van der Waals surface area (Å²) in [5.74, 6) is 0.562. The number of phenolic OH excluding ortho intramolecular Hbond substituents is 1. The lowest BCUT2D eigenvalue weighted by molar-refractivity contribution is 0.0948. The predicted molar refractivity (Wildman–Crippen MR) is 101 cm³/mol. The zero-order chi connectivity index (χ0) is 17.8. The van der Waals surface area contributed by atoms with Crippen LogP contribution in [0.25, 0.3) is 0 Å². The summed E-state index contributed by atoms with van der Waals surface area (Å²) in [6.07, 6.45) is 1.78. The highest BCUT2D eigenvalue weighted by Gasteiger charge is 2.18. The number of halogens is 1. The van der Waals surface area contributed by atoms with Gasteiger partial charge in [0.05, 0.1) is 5.56 Å². The van der Waals surface area contributed by atoms with Gasteiger partial charge in [-0.1, -0.05) is 22.0 Å². The van der Waals surface area contributed by atoms with Crippen molar-refractivity contribution in [2.45, 2.75) is 6.54 Å². The molecule has 1 amide bonds. The molecule has 0 saturated carbocycles. The quantitative estimate of drug-likeness (QED) is 0.817. The van der Waals surface area contributed by atoms with Gasteiger partial charge in [0.1, 0.15) is 11.6 Å². The van der Waals surface area contributed by atoms with Crippen molar-refractivity contribution in [3.63, 3.8) is 0 Å². The Kier molecular flexibility index (Phi) is 5.55. The summed E-state index contributed by atoms with van der Waals surface area (Å²) in [5, 5.41) is 12.8. The van der Waals surface area contributed by atoms with Gasteiger partial charge in [0, 0.05) is 49.0 Å². The van der Waals surface area contributed by atoms with Crippen LogP contribution in [-0.2, 0) is 6.54 Å². The Labute approximate surface area is 155 Å². The molecule has 0 spiro atoms. The Bertz CT molecular complexity index is 760. The van der Waals surface area contributed by atoms with Gasteiger partial charge in [0.15, 0.2) is 0 Å². The number of carbonyl (C=O) groups is 1. The molecule has 1 aliphatic rings. The Morgan fingerprint density at radius 1 is 1.28 bits per heavy atom. The number of piperazine rings is 1. The van der Waals surface area contributed by atoms with Gasteiger partial charge >= 0.3 is 0 Å². The molecule has 3 rings (SSSR count). The second-order valence-corrected chi connectivity index (χ2v) is 7.04. The van der Waals surface area contributed by atoms with Crippen molar-refractivity contribution in [3.05, 3.63) is 52.1 Å². The fourth-order valence-corrected chi connectivity index (χ4v) is 3.19. The van der Waals surface area contributed by atoms with Crippen LogP contribution in [-0.4, -0.2) is 54.1 Å². The van der Waals surface area contributed by atoms with E-state index in [9.17, 15) is 9.90 Å². The van der Waals surface area contributed by atoms with E-state index in [1.165, 1.54) is 6.07 Å². The first-order chi connectivity index (χ1) is 12.0. The lowest BCUT2D eigenvalue weighted by Gasteiger charge is -2.34. The number of anilines is 1. The van der Waals surface area contributed by atoms with E-state index in [0.717, 1.165) is 42.0 Å². The van der Waals surface area contributed by atoms with Crippen LogP contribution in [0.15, 0.2) is 41.0 Å². The smallest absolute Gasteiger partial charge is 0.255 e. The molecular formula is C18H21BrN4O2. The van der Waals surface area contributed by atoms with E-state index in [1.54, 1.807) is 18.3 Å². The predicted octanol–water partition coefficient (Wildman–Crippen LogP) is 2.23. The molecule has 1 aromatic carbocycles. The molecule has 25 heavy (non-hydrogen) atoms. The lowest BCUT2D eigenvalue weighted by atomic mass is 10.1. The SMILES string of the molecule is CN1CCN(c2ncccc2CNC(=O)c2ccc(Br)cc2O)CC1. The highest BCUT2D eigenvalue weighted by molar-refractivity contribution is 9.10. The molecule has 1 aliphatic heterocycles. The maximum Gasteiger partial charge on any atom is 0.255 e. The number of likely N-dealkylation sites (N-methyl/N-ethyl adjacent to an activating group) is 1. The van der Waals surface area contributed by atoms with Gasteiger partial charge in [-0.05, 0) is 31.3 Å². The van der Waals surface area contributed by atoms with Gasteiger partial charge in [-0.2, -0.15) is 0 Å². The number of nitrogens with one attached hydrogen (secondary N) is 1. The van der Waals surface area contributed by atoms with Gasteiger partial charge in [-0.3, -0.25) is 4.79 Å². The molecule has 0 unspecified atom stereocenters. The molecule has 6 nitrogen and oxygen atoms in total. The van der Waals surface area contributed by atoms with Crippen molar-refractivity contribution >= 4 is 27.7 Å². The monoisotopic (exact) mass is 404 g/mol. The highest BCUT2D eigenvalue weighted by Crippen LogP contribution is 2.23. The fraction of sp³-hybridized carbons (Fsp3) is 0.333. The van der Waals surface area contributed by atoms with E-state index in [4.69, 9.17) is 0 Å². The molecule has 2 N–H and O–H groups in total. The van der Waals surface area contributed by atoms with E-state index in [-0.39, 0.29) is 17.2 Å². The average molecular weight is 405 g/mol. The third kappa shape index (κ3) is 4.29. The number of hydrogen-bond acceptors (Lipinski definition) is 5. The fourth-order valence-electron chi connectivity index (χ4n) is 2.84. The number of nitrogens with zero attached hydrogens (tertiary/aromatic N) is 3. The molecule has 1 saturated heterocycles. The molecule has 1 aromatic heterocycles. The summed E-state index contributed by atoms with van der Waals surface area (Å²) in [5.41, 5.74) is 1.23. The number of phenols is 1. The average Bonchev–Trinajstić information content (AvgIpc) is 2.61. The Balaban J connectivity index is 1.70. The number of aromatic nitrogens is 1. The number of pyridine rings is 1. The van der Waals surface area contributed by atoms with Crippen molar-refractivity contribution in [2.75, 3.05) is 38.1 Å². The van der Waals surface area contributed by atoms with Crippen LogP contribution in [0, 0.1) is 0 Å². The van der Waals surface area contributed by atoms with Crippen molar-refractivity contribution < 1.29 is 9.90 Å². The Morgan fingerprint density at radius 3 is 2.76 bits per heavy atom. The van der Waals surface area contributed by atoms with Crippen molar-refractivity contribution in [1.82, 2.24) is 15.2 Å². The molecule has 2 heterocycles. The third-order valence-corrected chi connectivity index (χ3v) is 4.81. The Hall–Kier alpha value is -2.12. The Morgan fingerprint density at radius 2 is 2.04 bits per heavy atom. The van der Waals surface area contributed by atoms with Gasteiger partial charge in [-0.15, -0.1) is 0 Å². The molecule has 0 radical (unpaired) electrons. The number of benzene rings is 1. The first-order valence-corrected chi connectivity index (χ1v) is 8.98. The van der Waals surface area contributed by atoms with Gasteiger partial charge in [-0.25, -0.2) is 4.98 Å². The zero-order valence-corrected chi connectivity index (χ0v) is 15.7. The lowest BCUT2D eigenvalue weighted by Crippen LogP contribution is -2.45. The largest absolute Gasteiger partial charge is 0.507 e. The van der Waals surface area contributed by atoms with Gasteiger partial charge in [0.25, 0.3) is 5.91 Å². The molecular weight excluding hydrogens is 384 g/mol. The number of carbonyl (C=O) groups excluding carboxylic acids is 1. The molecule has 7 heteroatoms. The van der Waals surface area contributed by atoms with Gasteiger partial charge in [0.2, 0.25) is 0 Å². The molecule has 2 aromatic rings. The molecule has 0 atom stereocenters. The maximum atomic E-state index is 12.4. The topological polar surface area (TPSA) is 68.7 Å². The zero-order valence-electron chi connectivity index (χ0n) is 14.1. The molecule has 0 aliphatic carbocycles. The molecule has 1 fully saturated rings. The van der Waals surface area contributed by atoms with Crippen LogP contribution >= 0.6 is 15.9 Å². The summed E-state index contributed by atoms with van der Waals surface area (Å²) < 4.78 is 0.728. The number of rotatable bonds is 4. The number of aromatic hydroxyl groups is 1. The summed E-state index contributed by atoms with van der Waals surface area (Å²) in [6.45, 7) is 4.19. The summed E-state index contributed by atoms with van der Waals surface area (Å²) >= 11 is 3.27. The van der Waals surface area contributed by atoms with Crippen molar-refractivity contribution in [2.24, 2.45) is 0 Å². The van der Waals surface area contributed by atoms with Crippen LogP contribution in [0.3, 0.4) is 0 Å². The van der Waals surface area contributed by atoms with Crippen LogP contribution < -0.4 is 10.2 Å². The second-order valence-electron chi connectivity index (χ2n) is 6.12. The minimum Gasteiger partial charge on any atom is -0.507 e. The first-order valence-electron chi connectivity index (χ1n) is 8.18. The normalized spacial score (nSPS) is 15.2. The minimum absolute atomic E-state index is 0.0441. The van der Waals surface area contributed by atoms with Crippen LogP contribution in [0.5, 0.6) is 5.75 Å². The summed E-state index contributed by atoms with van der Waals surface area (Å²) in [4.78, 5) is 21.4. The van der Waals surface area contributed by atoms with E-state index >= 15 is 0 Å². The summed E-state index contributed by atoms with van der Waals surface area (Å²) in [6, 6.07) is 8.68. The summed E-state index contributed by atoms with van der Waals surface area (Å²) in [7, 11) is 2.11. The maximum absolute atomic E-state index is 12.4.